The summed E-state index contributed by atoms with van der Waals surface area (Å²) in [5.74, 6) is -0.413. The summed E-state index contributed by atoms with van der Waals surface area (Å²) < 4.78 is 0. The molecule has 0 aromatic heterocycles. The fourth-order valence-electron chi connectivity index (χ4n) is 1.32. The largest absolute Gasteiger partial charge is 0.355 e. The van der Waals surface area contributed by atoms with Gasteiger partial charge in [0.15, 0.2) is 0 Å². The molecule has 4 nitrogen and oxygen atoms in total. The zero-order valence-corrected chi connectivity index (χ0v) is 10.4. The third-order valence-corrected chi connectivity index (χ3v) is 2.50. The molecule has 0 aliphatic carbocycles. The number of carbonyl (C=O) groups excluding carboxylic acids is 2. The minimum atomic E-state index is -0.218. The van der Waals surface area contributed by atoms with Crippen LogP contribution in [0.3, 0.4) is 0 Å². The Morgan fingerprint density at radius 1 is 1.18 bits per heavy atom. The van der Waals surface area contributed by atoms with Gasteiger partial charge in [0.1, 0.15) is 0 Å². The number of benzene rings is 1. The van der Waals surface area contributed by atoms with Crippen LogP contribution in [-0.2, 0) is 16.0 Å². The molecule has 0 atom stereocenters. The van der Waals surface area contributed by atoms with Gasteiger partial charge in [0.05, 0.1) is 13.0 Å². The first-order valence-electron chi connectivity index (χ1n) is 5.40. The van der Waals surface area contributed by atoms with Gasteiger partial charge in [0, 0.05) is 11.6 Å². The van der Waals surface area contributed by atoms with E-state index in [-0.39, 0.29) is 24.8 Å². The van der Waals surface area contributed by atoms with Crippen molar-refractivity contribution < 1.29 is 9.59 Å². The van der Waals surface area contributed by atoms with Crippen LogP contribution in [0.1, 0.15) is 12.5 Å². The van der Waals surface area contributed by atoms with E-state index in [0.717, 1.165) is 5.56 Å². The highest BCUT2D eigenvalue weighted by molar-refractivity contribution is 6.31. The second-order valence-electron chi connectivity index (χ2n) is 3.50. The Bertz CT molecular complexity index is 407. The number of amides is 2. The molecule has 1 aromatic carbocycles. The van der Waals surface area contributed by atoms with E-state index < -0.39 is 0 Å². The molecular weight excluding hydrogens is 240 g/mol. The van der Waals surface area contributed by atoms with Gasteiger partial charge in [-0.2, -0.15) is 0 Å². The number of likely N-dealkylation sites (N-methyl/N-ethyl adjacent to an activating group) is 1. The standard InChI is InChI=1S/C12H15ClN2O2/c1-2-14-12(17)8-15-11(16)7-9-5-3-4-6-10(9)13/h3-6H,2,7-8H2,1H3,(H,14,17)(H,15,16). The Labute approximate surface area is 105 Å². The Morgan fingerprint density at radius 2 is 1.88 bits per heavy atom. The second-order valence-corrected chi connectivity index (χ2v) is 3.91. The van der Waals surface area contributed by atoms with E-state index in [0.29, 0.717) is 11.6 Å². The molecule has 0 saturated carbocycles. The molecule has 2 amide bonds. The number of nitrogens with one attached hydrogen (secondary N) is 2. The monoisotopic (exact) mass is 254 g/mol. The Hall–Kier alpha value is -1.55. The van der Waals surface area contributed by atoms with Gasteiger partial charge < -0.3 is 10.6 Å². The Balaban J connectivity index is 2.40. The molecule has 92 valence electrons. The van der Waals surface area contributed by atoms with Gasteiger partial charge in [0.25, 0.3) is 0 Å². The van der Waals surface area contributed by atoms with Gasteiger partial charge in [-0.3, -0.25) is 9.59 Å². The molecule has 0 aliphatic rings. The van der Waals surface area contributed by atoms with Gasteiger partial charge in [-0.25, -0.2) is 0 Å². The number of halogens is 1. The number of hydrogen-bond donors (Lipinski definition) is 2. The molecule has 1 rings (SSSR count). The highest BCUT2D eigenvalue weighted by Crippen LogP contribution is 2.14. The lowest BCUT2D eigenvalue weighted by atomic mass is 10.1. The van der Waals surface area contributed by atoms with Crippen molar-refractivity contribution in [2.75, 3.05) is 13.1 Å². The van der Waals surface area contributed by atoms with Crippen LogP contribution in [0.5, 0.6) is 0 Å². The molecule has 0 radical (unpaired) electrons. The van der Waals surface area contributed by atoms with Crippen molar-refractivity contribution in [2.45, 2.75) is 13.3 Å². The first-order valence-corrected chi connectivity index (χ1v) is 5.78. The molecule has 0 bridgehead atoms. The van der Waals surface area contributed by atoms with E-state index in [2.05, 4.69) is 10.6 Å². The number of carbonyl (C=O) groups is 2. The summed E-state index contributed by atoms with van der Waals surface area (Å²) in [7, 11) is 0. The van der Waals surface area contributed by atoms with Crippen LogP contribution >= 0.6 is 11.6 Å². The molecule has 0 fully saturated rings. The molecule has 17 heavy (non-hydrogen) atoms. The molecule has 5 heteroatoms. The summed E-state index contributed by atoms with van der Waals surface area (Å²) in [5.41, 5.74) is 0.752. The topological polar surface area (TPSA) is 58.2 Å². The van der Waals surface area contributed by atoms with Crippen LogP contribution in [-0.4, -0.2) is 24.9 Å². The van der Waals surface area contributed by atoms with Gasteiger partial charge >= 0.3 is 0 Å². The third-order valence-electron chi connectivity index (χ3n) is 2.13. The van der Waals surface area contributed by atoms with E-state index >= 15 is 0 Å². The van der Waals surface area contributed by atoms with Crippen molar-refractivity contribution in [3.8, 4) is 0 Å². The van der Waals surface area contributed by atoms with Crippen LogP contribution in [0.4, 0.5) is 0 Å². The second kappa shape index (κ2) is 6.91. The SMILES string of the molecule is CCNC(=O)CNC(=O)Cc1ccccc1Cl. The van der Waals surface area contributed by atoms with Crippen LogP contribution in [0.25, 0.3) is 0 Å². The lowest BCUT2D eigenvalue weighted by molar-refractivity contribution is -0.125. The molecule has 0 saturated heterocycles. The molecule has 0 heterocycles. The van der Waals surface area contributed by atoms with Crippen molar-refractivity contribution in [2.24, 2.45) is 0 Å². The van der Waals surface area contributed by atoms with E-state index in [4.69, 9.17) is 11.6 Å². The predicted octanol–water partition coefficient (Wildman–Crippen LogP) is 1.13. The van der Waals surface area contributed by atoms with Gasteiger partial charge in [-0.05, 0) is 18.6 Å². The Morgan fingerprint density at radius 3 is 2.53 bits per heavy atom. The minimum Gasteiger partial charge on any atom is -0.355 e. The summed E-state index contributed by atoms with van der Waals surface area (Å²) >= 11 is 5.92. The minimum absolute atomic E-state index is 0.00285. The first-order chi connectivity index (χ1) is 8.13. The summed E-state index contributed by atoms with van der Waals surface area (Å²) in [4.78, 5) is 22.6. The van der Waals surface area contributed by atoms with Crippen LogP contribution < -0.4 is 10.6 Å². The average molecular weight is 255 g/mol. The highest BCUT2D eigenvalue weighted by atomic mass is 35.5. The normalized spacial score (nSPS) is 9.76. The lowest BCUT2D eigenvalue weighted by Crippen LogP contribution is -2.37. The van der Waals surface area contributed by atoms with Crippen LogP contribution in [0.15, 0.2) is 24.3 Å². The maximum atomic E-state index is 11.5. The van der Waals surface area contributed by atoms with E-state index in [9.17, 15) is 9.59 Å². The quantitative estimate of drug-likeness (QED) is 0.828. The maximum Gasteiger partial charge on any atom is 0.239 e. The lowest BCUT2D eigenvalue weighted by Gasteiger charge is -2.06. The molecule has 0 spiro atoms. The van der Waals surface area contributed by atoms with Crippen molar-refractivity contribution in [1.29, 1.82) is 0 Å². The fraction of sp³-hybridized carbons (Fsp3) is 0.333. The highest BCUT2D eigenvalue weighted by Gasteiger charge is 2.07. The molecule has 1 aromatic rings. The predicted molar refractivity (Wildman–Crippen MR) is 66.8 cm³/mol. The Kier molecular flexibility index (Phi) is 5.49. The number of hydrogen-bond acceptors (Lipinski definition) is 2. The van der Waals surface area contributed by atoms with Gasteiger partial charge in [-0.1, -0.05) is 29.8 Å². The van der Waals surface area contributed by atoms with E-state index in [1.165, 1.54) is 0 Å². The zero-order chi connectivity index (χ0) is 12.7. The van der Waals surface area contributed by atoms with Crippen LogP contribution in [0.2, 0.25) is 5.02 Å². The van der Waals surface area contributed by atoms with Crippen molar-refractivity contribution in [3.63, 3.8) is 0 Å². The summed E-state index contributed by atoms with van der Waals surface area (Å²) in [6.07, 6.45) is 0.180. The molecule has 2 N–H and O–H groups in total. The smallest absolute Gasteiger partial charge is 0.239 e. The summed E-state index contributed by atoms with van der Waals surface area (Å²) in [6.45, 7) is 2.37. The average Bonchev–Trinajstić information content (AvgIpc) is 2.30. The van der Waals surface area contributed by atoms with Crippen LogP contribution in [0, 0.1) is 0 Å². The van der Waals surface area contributed by atoms with Crippen molar-refractivity contribution in [1.82, 2.24) is 10.6 Å². The van der Waals surface area contributed by atoms with Crippen molar-refractivity contribution in [3.05, 3.63) is 34.9 Å². The van der Waals surface area contributed by atoms with Crippen molar-refractivity contribution >= 4 is 23.4 Å². The molecule has 0 aliphatic heterocycles. The molecular formula is C12H15ClN2O2. The fourth-order valence-corrected chi connectivity index (χ4v) is 1.52. The van der Waals surface area contributed by atoms with E-state index in [1.54, 1.807) is 18.2 Å². The summed E-state index contributed by atoms with van der Waals surface area (Å²) in [5, 5.41) is 5.69. The maximum absolute atomic E-state index is 11.5. The number of rotatable bonds is 5. The van der Waals surface area contributed by atoms with E-state index in [1.807, 2.05) is 13.0 Å². The zero-order valence-electron chi connectivity index (χ0n) is 9.63. The molecule has 0 unspecified atom stereocenters. The van der Waals surface area contributed by atoms with Gasteiger partial charge in [-0.15, -0.1) is 0 Å². The third kappa shape index (κ3) is 4.87. The van der Waals surface area contributed by atoms with Gasteiger partial charge in [0.2, 0.25) is 11.8 Å². The first kappa shape index (κ1) is 13.5. The summed E-state index contributed by atoms with van der Waals surface area (Å²) in [6, 6.07) is 7.14.